The first-order valence-corrected chi connectivity index (χ1v) is 4.60. The third kappa shape index (κ3) is 1.93. The maximum atomic E-state index is 11.8. The Bertz CT molecular complexity index is 259. The van der Waals surface area contributed by atoms with E-state index in [4.69, 9.17) is 4.74 Å². The van der Waals surface area contributed by atoms with Gasteiger partial charge in [-0.1, -0.05) is 27.7 Å². The number of hydrogen-bond acceptors (Lipinski definition) is 2. The number of hydrogen-bond donors (Lipinski definition) is 0. The Morgan fingerprint density at radius 2 is 1.85 bits per heavy atom. The first kappa shape index (κ1) is 10.3. The smallest absolute Gasteiger partial charge is 0.202 e. The lowest BCUT2D eigenvalue weighted by Gasteiger charge is -2.36. The second-order valence-corrected chi connectivity index (χ2v) is 5.09. The van der Waals surface area contributed by atoms with Crippen LogP contribution in [0.15, 0.2) is 11.8 Å². The van der Waals surface area contributed by atoms with E-state index in [1.54, 1.807) is 7.11 Å². The average Bonchev–Trinajstić information content (AvgIpc) is 1.95. The van der Waals surface area contributed by atoms with Crippen molar-refractivity contribution < 1.29 is 9.53 Å². The molecule has 1 rings (SSSR count). The van der Waals surface area contributed by atoms with Crippen molar-refractivity contribution in [3.8, 4) is 0 Å². The van der Waals surface area contributed by atoms with Gasteiger partial charge in [-0.2, -0.15) is 0 Å². The predicted molar refractivity (Wildman–Crippen MR) is 52.3 cm³/mol. The minimum absolute atomic E-state index is 0.0583. The van der Waals surface area contributed by atoms with Gasteiger partial charge in [0.25, 0.3) is 0 Å². The number of Topliss-reactive ketones (excluding diaryl/α,β-unsaturated/α-hetero) is 1. The number of carbonyl (C=O) groups excluding carboxylic acids is 1. The number of allylic oxidation sites excluding steroid dienone is 2. The van der Waals surface area contributed by atoms with Gasteiger partial charge in [-0.3, -0.25) is 4.79 Å². The minimum atomic E-state index is -0.288. The molecule has 2 heteroatoms. The molecule has 13 heavy (non-hydrogen) atoms. The Hall–Kier alpha value is -0.790. The van der Waals surface area contributed by atoms with E-state index in [0.29, 0.717) is 5.76 Å². The number of methoxy groups -OCH3 is 1. The van der Waals surface area contributed by atoms with Crippen LogP contribution in [0.1, 0.15) is 34.1 Å². The Morgan fingerprint density at radius 3 is 2.31 bits per heavy atom. The number of ether oxygens (including phenoxy) is 1. The summed E-state index contributed by atoms with van der Waals surface area (Å²) in [6.45, 7) is 8.20. The first-order chi connectivity index (χ1) is 5.78. The molecule has 0 N–H and O–H groups in total. The van der Waals surface area contributed by atoms with Crippen LogP contribution < -0.4 is 0 Å². The fraction of sp³-hybridized carbons (Fsp3) is 0.727. The van der Waals surface area contributed by atoms with Gasteiger partial charge in [0.05, 0.1) is 7.11 Å². The molecular formula is C11H18O2. The molecule has 0 heterocycles. The highest BCUT2D eigenvalue weighted by Crippen LogP contribution is 2.42. The van der Waals surface area contributed by atoms with Crippen LogP contribution in [-0.4, -0.2) is 12.9 Å². The molecule has 0 amide bonds. The highest BCUT2D eigenvalue weighted by atomic mass is 16.5. The van der Waals surface area contributed by atoms with Crippen molar-refractivity contribution in [3.63, 3.8) is 0 Å². The topological polar surface area (TPSA) is 26.3 Å². The standard InChI is InChI=1S/C11H18O2/c1-10(2)6-8(13-5)9(12)11(3,4)7-10/h6H,7H2,1-5H3. The van der Waals surface area contributed by atoms with E-state index in [1.165, 1.54) is 0 Å². The highest BCUT2D eigenvalue weighted by molar-refractivity contribution is 5.98. The highest BCUT2D eigenvalue weighted by Gasteiger charge is 2.40. The molecule has 0 aromatic rings. The van der Waals surface area contributed by atoms with Crippen molar-refractivity contribution in [2.45, 2.75) is 34.1 Å². The van der Waals surface area contributed by atoms with Crippen LogP contribution in [0.25, 0.3) is 0 Å². The van der Waals surface area contributed by atoms with Crippen LogP contribution >= 0.6 is 0 Å². The molecule has 0 bridgehead atoms. The summed E-state index contributed by atoms with van der Waals surface area (Å²) in [6.07, 6.45) is 2.81. The van der Waals surface area contributed by atoms with Crippen molar-refractivity contribution in [1.82, 2.24) is 0 Å². The number of carbonyl (C=O) groups is 1. The Kier molecular flexibility index (Phi) is 2.27. The molecular weight excluding hydrogens is 164 g/mol. The predicted octanol–water partition coefficient (Wildman–Crippen LogP) is 2.54. The van der Waals surface area contributed by atoms with E-state index in [9.17, 15) is 4.79 Å². The van der Waals surface area contributed by atoms with Gasteiger partial charge in [-0.25, -0.2) is 0 Å². The summed E-state index contributed by atoms with van der Waals surface area (Å²) in [7, 11) is 1.56. The largest absolute Gasteiger partial charge is 0.493 e. The third-order valence-corrected chi connectivity index (χ3v) is 2.48. The van der Waals surface area contributed by atoms with Gasteiger partial charge in [0.15, 0.2) is 5.76 Å². The van der Waals surface area contributed by atoms with E-state index in [2.05, 4.69) is 13.8 Å². The molecule has 0 aliphatic heterocycles. The summed E-state index contributed by atoms with van der Waals surface area (Å²) < 4.78 is 5.09. The average molecular weight is 182 g/mol. The summed E-state index contributed by atoms with van der Waals surface area (Å²) in [6, 6.07) is 0. The lowest BCUT2D eigenvalue weighted by molar-refractivity contribution is -0.129. The molecule has 0 saturated heterocycles. The maximum absolute atomic E-state index is 11.8. The number of ketones is 1. The van der Waals surface area contributed by atoms with Crippen LogP contribution in [0, 0.1) is 10.8 Å². The quantitative estimate of drug-likeness (QED) is 0.623. The molecule has 0 unspecified atom stereocenters. The van der Waals surface area contributed by atoms with Crippen molar-refractivity contribution in [1.29, 1.82) is 0 Å². The molecule has 0 radical (unpaired) electrons. The van der Waals surface area contributed by atoms with E-state index >= 15 is 0 Å². The molecule has 0 saturated carbocycles. The normalized spacial score (nSPS) is 25.3. The maximum Gasteiger partial charge on any atom is 0.202 e. The van der Waals surface area contributed by atoms with E-state index < -0.39 is 0 Å². The summed E-state index contributed by atoms with van der Waals surface area (Å²) in [5.41, 5.74) is -0.230. The Labute approximate surface area is 80.0 Å². The molecule has 1 aliphatic rings. The zero-order valence-electron chi connectivity index (χ0n) is 9.10. The molecule has 0 fully saturated rings. The minimum Gasteiger partial charge on any atom is -0.493 e. The van der Waals surface area contributed by atoms with Crippen molar-refractivity contribution in [3.05, 3.63) is 11.8 Å². The molecule has 0 spiro atoms. The third-order valence-electron chi connectivity index (χ3n) is 2.48. The zero-order valence-corrected chi connectivity index (χ0v) is 9.10. The molecule has 2 nitrogen and oxygen atoms in total. The van der Waals surface area contributed by atoms with Gasteiger partial charge in [0.1, 0.15) is 0 Å². The van der Waals surface area contributed by atoms with Crippen molar-refractivity contribution >= 4 is 5.78 Å². The van der Waals surface area contributed by atoms with Crippen LogP contribution in [-0.2, 0) is 9.53 Å². The van der Waals surface area contributed by atoms with E-state index in [0.717, 1.165) is 6.42 Å². The van der Waals surface area contributed by atoms with E-state index in [1.807, 2.05) is 19.9 Å². The molecule has 0 aromatic carbocycles. The molecule has 74 valence electrons. The van der Waals surface area contributed by atoms with Gasteiger partial charge in [0, 0.05) is 5.41 Å². The molecule has 1 aliphatic carbocycles. The second kappa shape index (κ2) is 2.86. The number of rotatable bonds is 1. The summed E-state index contributed by atoms with van der Waals surface area (Å²) >= 11 is 0. The summed E-state index contributed by atoms with van der Waals surface area (Å²) in [4.78, 5) is 11.8. The lowest BCUT2D eigenvalue weighted by Crippen LogP contribution is -2.36. The van der Waals surface area contributed by atoms with Crippen LogP contribution in [0.2, 0.25) is 0 Å². The van der Waals surface area contributed by atoms with Gasteiger partial charge in [0.2, 0.25) is 5.78 Å². The monoisotopic (exact) mass is 182 g/mol. The zero-order chi connectivity index (χ0) is 10.3. The summed E-state index contributed by atoms with van der Waals surface area (Å²) in [5, 5.41) is 0. The lowest BCUT2D eigenvalue weighted by atomic mass is 9.68. The molecule has 0 aromatic heterocycles. The van der Waals surface area contributed by atoms with Gasteiger partial charge in [-0.05, 0) is 17.9 Å². The fourth-order valence-corrected chi connectivity index (χ4v) is 2.18. The van der Waals surface area contributed by atoms with Crippen LogP contribution in [0.5, 0.6) is 0 Å². The van der Waals surface area contributed by atoms with Crippen molar-refractivity contribution in [2.24, 2.45) is 10.8 Å². The second-order valence-electron chi connectivity index (χ2n) is 5.09. The van der Waals surface area contributed by atoms with Gasteiger partial charge in [-0.15, -0.1) is 0 Å². The van der Waals surface area contributed by atoms with Crippen LogP contribution in [0.4, 0.5) is 0 Å². The summed E-state index contributed by atoms with van der Waals surface area (Å²) in [5.74, 6) is 0.635. The SMILES string of the molecule is COC1=CC(C)(C)CC(C)(C)C1=O. The Balaban J connectivity index is 3.09. The van der Waals surface area contributed by atoms with E-state index in [-0.39, 0.29) is 16.6 Å². The van der Waals surface area contributed by atoms with Gasteiger partial charge < -0.3 is 4.74 Å². The molecule has 0 atom stereocenters. The first-order valence-electron chi connectivity index (χ1n) is 4.60. The van der Waals surface area contributed by atoms with Gasteiger partial charge >= 0.3 is 0 Å². The Morgan fingerprint density at radius 1 is 1.31 bits per heavy atom. The van der Waals surface area contributed by atoms with Crippen LogP contribution in [0.3, 0.4) is 0 Å². The van der Waals surface area contributed by atoms with Crippen molar-refractivity contribution in [2.75, 3.05) is 7.11 Å². The fourth-order valence-electron chi connectivity index (χ4n) is 2.18.